The van der Waals surface area contributed by atoms with Gasteiger partial charge in [-0.25, -0.2) is 4.79 Å². The number of Topliss-reactive ketones (excluding diaryl/α,β-unsaturated/α-hetero) is 1. The molecule has 27 heavy (non-hydrogen) atoms. The molecule has 9 heteroatoms. The number of nitrogens with zero attached hydrogens (tertiary/aromatic N) is 5. The molecule has 0 bridgehead atoms. The minimum absolute atomic E-state index is 0.0179. The van der Waals surface area contributed by atoms with Crippen LogP contribution in [-0.2, 0) is 14.1 Å². The Morgan fingerprint density at radius 2 is 2.04 bits per heavy atom. The lowest BCUT2D eigenvalue weighted by Crippen LogP contribution is -2.40. The third-order valence-corrected chi connectivity index (χ3v) is 5.10. The number of hydrogen-bond donors (Lipinski definition) is 1. The molecular weight excluding hydrogens is 348 g/mol. The van der Waals surface area contributed by atoms with E-state index in [1.54, 1.807) is 43.1 Å². The van der Waals surface area contributed by atoms with Crippen LogP contribution in [0.3, 0.4) is 0 Å². The summed E-state index contributed by atoms with van der Waals surface area (Å²) >= 11 is 0. The Labute approximate surface area is 154 Å². The van der Waals surface area contributed by atoms with Crippen LogP contribution in [0.4, 0.5) is 5.95 Å². The van der Waals surface area contributed by atoms with Crippen molar-refractivity contribution in [2.75, 3.05) is 18.0 Å². The number of carbonyl (C=O) groups is 1. The maximum atomic E-state index is 12.8. The lowest BCUT2D eigenvalue weighted by Gasteiger charge is -2.32. The number of aromatic amines is 1. The van der Waals surface area contributed by atoms with Crippen molar-refractivity contribution >= 4 is 22.9 Å². The molecule has 9 nitrogen and oxygen atoms in total. The number of hydrogen-bond acceptors (Lipinski definition) is 6. The Morgan fingerprint density at radius 1 is 1.22 bits per heavy atom. The quantitative estimate of drug-likeness (QED) is 0.673. The maximum Gasteiger partial charge on any atom is 0.329 e. The molecule has 0 aromatic carbocycles. The van der Waals surface area contributed by atoms with E-state index in [9.17, 15) is 14.4 Å². The summed E-state index contributed by atoms with van der Waals surface area (Å²) in [6.45, 7) is 1.23. The highest BCUT2D eigenvalue weighted by molar-refractivity contribution is 5.96. The van der Waals surface area contributed by atoms with Crippen LogP contribution in [0.5, 0.6) is 0 Å². The number of ketones is 1. The third-order valence-electron chi connectivity index (χ3n) is 5.10. The molecule has 140 valence electrons. The number of H-pyrrole nitrogens is 1. The predicted octanol–water partition coefficient (Wildman–Crippen LogP) is 0.455. The van der Waals surface area contributed by atoms with Crippen molar-refractivity contribution in [3.8, 4) is 0 Å². The van der Waals surface area contributed by atoms with E-state index in [0.29, 0.717) is 29.4 Å². The molecule has 1 aliphatic rings. The first kappa shape index (κ1) is 17.2. The SMILES string of the molecule is Cn1c(N2CCCC(C(=O)c3ccccn3)C2)nc2c1c(=O)[nH]c(=O)n2C. The van der Waals surface area contributed by atoms with Gasteiger partial charge in [0.25, 0.3) is 5.56 Å². The monoisotopic (exact) mass is 368 g/mol. The molecule has 1 saturated heterocycles. The van der Waals surface area contributed by atoms with Crippen molar-refractivity contribution in [2.45, 2.75) is 12.8 Å². The molecule has 1 fully saturated rings. The molecule has 0 amide bonds. The lowest BCUT2D eigenvalue weighted by atomic mass is 9.92. The van der Waals surface area contributed by atoms with Crippen LogP contribution in [0.25, 0.3) is 11.2 Å². The Kier molecular flexibility index (Phi) is 4.14. The van der Waals surface area contributed by atoms with Gasteiger partial charge < -0.3 is 9.47 Å². The van der Waals surface area contributed by atoms with Crippen molar-refractivity contribution in [1.82, 2.24) is 24.1 Å². The second-order valence-corrected chi connectivity index (χ2v) is 6.83. The van der Waals surface area contributed by atoms with Crippen molar-refractivity contribution < 1.29 is 4.79 Å². The molecule has 3 aromatic rings. The molecule has 1 aliphatic heterocycles. The van der Waals surface area contributed by atoms with Crippen molar-refractivity contribution in [2.24, 2.45) is 20.0 Å². The largest absolute Gasteiger partial charge is 0.341 e. The minimum Gasteiger partial charge on any atom is -0.341 e. The van der Waals surface area contributed by atoms with Gasteiger partial charge in [-0.2, -0.15) is 4.98 Å². The number of aryl methyl sites for hydroxylation is 2. The van der Waals surface area contributed by atoms with Gasteiger partial charge in [0, 0.05) is 39.3 Å². The maximum absolute atomic E-state index is 12.8. The highest BCUT2D eigenvalue weighted by Crippen LogP contribution is 2.26. The van der Waals surface area contributed by atoms with Gasteiger partial charge in [-0.15, -0.1) is 0 Å². The molecule has 0 saturated carbocycles. The highest BCUT2D eigenvalue weighted by Gasteiger charge is 2.30. The van der Waals surface area contributed by atoms with Crippen LogP contribution in [-0.4, -0.2) is 43.0 Å². The number of aromatic nitrogens is 5. The van der Waals surface area contributed by atoms with Crippen molar-refractivity contribution in [3.05, 3.63) is 50.9 Å². The fourth-order valence-corrected chi connectivity index (χ4v) is 3.67. The van der Waals surface area contributed by atoms with Crippen molar-refractivity contribution in [3.63, 3.8) is 0 Å². The van der Waals surface area contributed by atoms with Gasteiger partial charge in [0.05, 0.1) is 0 Å². The van der Waals surface area contributed by atoms with E-state index < -0.39 is 11.2 Å². The number of piperidine rings is 1. The summed E-state index contributed by atoms with van der Waals surface area (Å²) in [6.07, 6.45) is 3.24. The molecule has 1 atom stereocenters. The Bertz CT molecular complexity index is 1130. The van der Waals surface area contributed by atoms with Crippen LogP contribution < -0.4 is 16.1 Å². The summed E-state index contributed by atoms with van der Waals surface area (Å²) in [4.78, 5) is 49.8. The first-order valence-corrected chi connectivity index (χ1v) is 8.83. The molecule has 0 aliphatic carbocycles. The number of rotatable bonds is 3. The van der Waals surface area contributed by atoms with E-state index in [2.05, 4.69) is 15.0 Å². The Morgan fingerprint density at radius 3 is 2.78 bits per heavy atom. The first-order valence-electron chi connectivity index (χ1n) is 8.83. The summed E-state index contributed by atoms with van der Waals surface area (Å²) in [7, 11) is 3.32. The fourth-order valence-electron chi connectivity index (χ4n) is 3.67. The Balaban J connectivity index is 1.70. The molecule has 4 rings (SSSR count). The number of imidazole rings is 1. The minimum atomic E-state index is -0.501. The van der Waals surface area contributed by atoms with E-state index in [1.807, 2.05) is 4.90 Å². The second kappa shape index (κ2) is 6.49. The Hall–Kier alpha value is -3.23. The van der Waals surface area contributed by atoms with Crippen LogP contribution in [0.15, 0.2) is 34.0 Å². The predicted molar refractivity (Wildman–Crippen MR) is 100 cm³/mol. The standard InChI is InChI=1S/C18H20N6O3/c1-22-13-15(23(2)18(27)21-16(13)26)20-17(22)24-9-5-6-11(10-24)14(25)12-7-3-4-8-19-12/h3-4,7-8,11H,5-6,9-10H2,1-2H3,(H,21,26,27). The summed E-state index contributed by atoms with van der Waals surface area (Å²) in [5.41, 5.74) is 0.171. The number of nitrogens with one attached hydrogen (secondary N) is 1. The summed E-state index contributed by atoms with van der Waals surface area (Å²) in [5.74, 6) is 0.412. The average Bonchev–Trinajstić information content (AvgIpc) is 3.04. The van der Waals surface area contributed by atoms with Gasteiger partial charge in [-0.3, -0.25) is 24.1 Å². The van der Waals surface area contributed by atoms with Crippen molar-refractivity contribution in [1.29, 1.82) is 0 Å². The molecule has 1 N–H and O–H groups in total. The van der Waals surface area contributed by atoms with Crippen LogP contribution in [0.1, 0.15) is 23.3 Å². The lowest BCUT2D eigenvalue weighted by molar-refractivity contribution is 0.0901. The van der Waals surface area contributed by atoms with Crippen LogP contribution in [0, 0.1) is 5.92 Å². The number of anilines is 1. The van der Waals surface area contributed by atoms with E-state index in [4.69, 9.17) is 0 Å². The molecule has 1 unspecified atom stereocenters. The summed E-state index contributed by atoms with van der Waals surface area (Å²) in [5, 5.41) is 0. The topological polar surface area (TPSA) is 106 Å². The normalized spacial score (nSPS) is 17.4. The van der Waals surface area contributed by atoms with Gasteiger partial charge in [0.1, 0.15) is 5.69 Å². The molecular formula is C18H20N6O3. The smallest absolute Gasteiger partial charge is 0.329 e. The van der Waals surface area contributed by atoms with Crippen LogP contribution >= 0.6 is 0 Å². The number of fused-ring (bicyclic) bond motifs is 1. The zero-order chi connectivity index (χ0) is 19.1. The molecule has 0 spiro atoms. The number of carbonyl (C=O) groups excluding carboxylic acids is 1. The van der Waals surface area contributed by atoms with Gasteiger partial charge in [-0.1, -0.05) is 6.07 Å². The van der Waals surface area contributed by atoms with E-state index in [0.717, 1.165) is 19.4 Å². The summed E-state index contributed by atoms with van der Waals surface area (Å²) < 4.78 is 3.00. The number of pyridine rings is 1. The van der Waals surface area contributed by atoms with Gasteiger partial charge in [0.2, 0.25) is 5.95 Å². The van der Waals surface area contributed by atoms with E-state index in [-0.39, 0.29) is 11.7 Å². The molecule has 4 heterocycles. The van der Waals surface area contributed by atoms with Gasteiger partial charge in [0.15, 0.2) is 16.9 Å². The van der Waals surface area contributed by atoms with E-state index >= 15 is 0 Å². The first-order chi connectivity index (χ1) is 13.0. The third kappa shape index (κ3) is 2.84. The zero-order valence-electron chi connectivity index (χ0n) is 15.2. The molecule has 0 radical (unpaired) electrons. The van der Waals surface area contributed by atoms with Crippen LogP contribution in [0.2, 0.25) is 0 Å². The zero-order valence-corrected chi connectivity index (χ0v) is 15.2. The average molecular weight is 368 g/mol. The second-order valence-electron chi connectivity index (χ2n) is 6.83. The highest BCUT2D eigenvalue weighted by atomic mass is 16.2. The molecule has 3 aromatic heterocycles. The van der Waals surface area contributed by atoms with Gasteiger partial charge in [-0.05, 0) is 25.0 Å². The fraction of sp³-hybridized carbons (Fsp3) is 0.389. The van der Waals surface area contributed by atoms with Gasteiger partial charge >= 0.3 is 5.69 Å². The summed E-state index contributed by atoms with van der Waals surface area (Å²) in [6, 6.07) is 5.32. The van der Waals surface area contributed by atoms with E-state index in [1.165, 1.54) is 4.57 Å².